The van der Waals surface area contributed by atoms with Crippen LogP contribution in [0.3, 0.4) is 0 Å². The van der Waals surface area contributed by atoms with E-state index in [0.29, 0.717) is 25.2 Å². The largest absolute Gasteiger partial charge is 0.387 e. The Labute approximate surface area is 119 Å². The highest BCUT2D eigenvalue weighted by Gasteiger charge is 2.29. The number of rotatable bonds is 5. The summed E-state index contributed by atoms with van der Waals surface area (Å²) in [5.74, 6) is -0.0612. The number of benzene rings is 1. The fourth-order valence-corrected chi connectivity index (χ4v) is 2.19. The van der Waals surface area contributed by atoms with E-state index in [4.69, 9.17) is 4.84 Å². The molecule has 1 atom stereocenters. The maximum Gasteiger partial charge on any atom is 0.272 e. The maximum atomic E-state index is 12.4. The van der Waals surface area contributed by atoms with Gasteiger partial charge in [0, 0.05) is 19.5 Å². The van der Waals surface area contributed by atoms with Gasteiger partial charge in [-0.3, -0.25) is 4.79 Å². The van der Waals surface area contributed by atoms with E-state index in [1.807, 2.05) is 44.2 Å². The molecule has 0 aromatic heterocycles. The standard InChI is InChI=1S/C16H20N2O2/c1-4-18(11-12(2)3)16(19)14-10-15(20-17-14)13-8-6-5-7-9-13/h5-9,15H,2,4,10-11H2,1,3H3. The van der Waals surface area contributed by atoms with E-state index < -0.39 is 0 Å². The topological polar surface area (TPSA) is 41.9 Å². The number of hydrogen-bond acceptors (Lipinski definition) is 3. The molecule has 1 amide bonds. The van der Waals surface area contributed by atoms with Crippen molar-refractivity contribution < 1.29 is 9.63 Å². The summed E-state index contributed by atoms with van der Waals surface area (Å²) in [6.07, 6.45) is 0.369. The summed E-state index contributed by atoms with van der Waals surface area (Å²) in [4.78, 5) is 19.5. The second kappa shape index (κ2) is 6.37. The Balaban J connectivity index is 2.01. The highest BCUT2D eigenvalue weighted by Crippen LogP contribution is 2.27. The first-order chi connectivity index (χ1) is 9.61. The van der Waals surface area contributed by atoms with Gasteiger partial charge in [0.15, 0.2) is 6.10 Å². The third kappa shape index (κ3) is 3.26. The van der Waals surface area contributed by atoms with Crippen LogP contribution in [0.25, 0.3) is 0 Å². The average Bonchev–Trinajstić information content (AvgIpc) is 2.94. The van der Waals surface area contributed by atoms with Crippen LogP contribution in [0.4, 0.5) is 0 Å². The molecule has 1 aliphatic rings. The van der Waals surface area contributed by atoms with Crippen molar-refractivity contribution in [3.63, 3.8) is 0 Å². The first kappa shape index (κ1) is 14.3. The molecule has 0 radical (unpaired) electrons. The van der Waals surface area contributed by atoms with Gasteiger partial charge in [-0.25, -0.2) is 0 Å². The van der Waals surface area contributed by atoms with Crippen molar-refractivity contribution in [3.05, 3.63) is 48.0 Å². The monoisotopic (exact) mass is 272 g/mol. The van der Waals surface area contributed by atoms with Gasteiger partial charge in [0.25, 0.3) is 5.91 Å². The lowest BCUT2D eigenvalue weighted by atomic mass is 10.0. The smallest absolute Gasteiger partial charge is 0.272 e. The number of nitrogens with zero attached hydrogens (tertiary/aromatic N) is 2. The summed E-state index contributed by atoms with van der Waals surface area (Å²) in [5.41, 5.74) is 2.49. The van der Waals surface area contributed by atoms with Gasteiger partial charge in [-0.2, -0.15) is 0 Å². The van der Waals surface area contributed by atoms with Crippen LogP contribution in [-0.4, -0.2) is 29.6 Å². The second-order valence-corrected chi connectivity index (χ2v) is 5.02. The van der Waals surface area contributed by atoms with Crippen LogP contribution in [0.5, 0.6) is 0 Å². The summed E-state index contributed by atoms with van der Waals surface area (Å²) in [6.45, 7) is 8.91. The van der Waals surface area contributed by atoms with E-state index >= 15 is 0 Å². The summed E-state index contributed by atoms with van der Waals surface area (Å²) in [5, 5.41) is 3.97. The van der Waals surface area contributed by atoms with Crippen molar-refractivity contribution in [3.8, 4) is 0 Å². The van der Waals surface area contributed by atoms with Crippen LogP contribution in [0, 0.1) is 0 Å². The fraction of sp³-hybridized carbons (Fsp3) is 0.375. The summed E-state index contributed by atoms with van der Waals surface area (Å²) in [6, 6.07) is 9.84. The van der Waals surface area contributed by atoms with Crippen LogP contribution in [-0.2, 0) is 9.63 Å². The molecular formula is C16H20N2O2. The molecule has 0 aliphatic carbocycles. The molecule has 1 aromatic rings. The molecule has 0 saturated heterocycles. The van der Waals surface area contributed by atoms with E-state index in [9.17, 15) is 4.79 Å². The van der Waals surface area contributed by atoms with Gasteiger partial charge in [-0.05, 0) is 19.4 Å². The van der Waals surface area contributed by atoms with Gasteiger partial charge in [-0.15, -0.1) is 0 Å². The predicted molar refractivity (Wildman–Crippen MR) is 79.4 cm³/mol. The highest BCUT2D eigenvalue weighted by atomic mass is 16.6. The molecule has 1 aliphatic heterocycles. The van der Waals surface area contributed by atoms with E-state index in [1.54, 1.807) is 4.90 Å². The molecule has 1 aromatic carbocycles. The zero-order valence-corrected chi connectivity index (χ0v) is 12.0. The highest BCUT2D eigenvalue weighted by molar-refractivity contribution is 6.39. The maximum absolute atomic E-state index is 12.4. The van der Waals surface area contributed by atoms with Crippen molar-refractivity contribution in [2.75, 3.05) is 13.1 Å². The number of amides is 1. The molecule has 0 saturated carbocycles. The first-order valence-electron chi connectivity index (χ1n) is 6.83. The molecule has 1 heterocycles. The van der Waals surface area contributed by atoms with Crippen LogP contribution in [0.1, 0.15) is 31.9 Å². The minimum Gasteiger partial charge on any atom is -0.387 e. The van der Waals surface area contributed by atoms with Crippen LogP contribution < -0.4 is 0 Å². The number of oxime groups is 1. The molecule has 20 heavy (non-hydrogen) atoms. The molecule has 4 heteroatoms. The Hall–Kier alpha value is -2.10. The third-order valence-corrected chi connectivity index (χ3v) is 3.22. The zero-order chi connectivity index (χ0) is 14.5. The Kier molecular flexibility index (Phi) is 4.56. The zero-order valence-electron chi connectivity index (χ0n) is 12.0. The molecule has 4 nitrogen and oxygen atoms in total. The predicted octanol–water partition coefficient (Wildman–Crippen LogP) is 2.93. The molecule has 0 fully saturated rings. The Bertz CT molecular complexity index is 523. The lowest BCUT2D eigenvalue weighted by Gasteiger charge is -2.20. The van der Waals surface area contributed by atoms with Gasteiger partial charge in [-0.1, -0.05) is 47.6 Å². The normalized spacial score (nSPS) is 17.3. The van der Waals surface area contributed by atoms with Crippen molar-refractivity contribution >= 4 is 11.6 Å². The van der Waals surface area contributed by atoms with Crippen molar-refractivity contribution in [1.29, 1.82) is 0 Å². The van der Waals surface area contributed by atoms with Gasteiger partial charge >= 0.3 is 0 Å². The van der Waals surface area contributed by atoms with Crippen LogP contribution in [0.2, 0.25) is 0 Å². The Morgan fingerprint density at radius 2 is 2.15 bits per heavy atom. The van der Waals surface area contributed by atoms with Crippen molar-refractivity contribution in [2.24, 2.45) is 5.16 Å². The third-order valence-electron chi connectivity index (χ3n) is 3.22. The minimum absolute atomic E-state index is 0.0612. The SMILES string of the molecule is C=C(C)CN(CC)C(=O)C1=NOC(c2ccccc2)C1. The molecule has 0 spiro atoms. The van der Waals surface area contributed by atoms with E-state index in [0.717, 1.165) is 11.1 Å². The lowest BCUT2D eigenvalue weighted by Crippen LogP contribution is -2.37. The van der Waals surface area contributed by atoms with Gasteiger partial charge in [0.2, 0.25) is 0 Å². The van der Waals surface area contributed by atoms with Gasteiger partial charge in [0.05, 0.1) is 0 Å². The molecule has 2 rings (SSSR count). The fourth-order valence-electron chi connectivity index (χ4n) is 2.19. The van der Waals surface area contributed by atoms with Crippen LogP contribution >= 0.6 is 0 Å². The number of hydrogen-bond donors (Lipinski definition) is 0. The summed E-state index contributed by atoms with van der Waals surface area (Å²) >= 11 is 0. The Morgan fingerprint density at radius 1 is 1.45 bits per heavy atom. The average molecular weight is 272 g/mol. The van der Waals surface area contributed by atoms with E-state index in [-0.39, 0.29) is 12.0 Å². The first-order valence-corrected chi connectivity index (χ1v) is 6.83. The number of carbonyl (C=O) groups is 1. The summed E-state index contributed by atoms with van der Waals surface area (Å²) in [7, 11) is 0. The molecular weight excluding hydrogens is 252 g/mol. The Morgan fingerprint density at radius 3 is 2.75 bits per heavy atom. The summed E-state index contributed by atoms with van der Waals surface area (Å²) < 4.78 is 0. The molecule has 1 unspecified atom stereocenters. The van der Waals surface area contributed by atoms with E-state index in [1.165, 1.54) is 0 Å². The quantitative estimate of drug-likeness (QED) is 0.773. The van der Waals surface area contributed by atoms with Crippen molar-refractivity contribution in [1.82, 2.24) is 4.90 Å². The van der Waals surface area contributed by atoms with E-state index in [2.05, 4.69) is 11.7 Å². The molecule has 0 bridgehead atoms. The van der Waals surface area contributed by atoms with Gasteiger partial charge < -0.3 is 9.74 Å². The van der Waals surface area contributed by atoms with Gasteiger partial charge in [0.1, 0.15) is 5.71 Å². The number of likely N-dealkylation sites (N-methyl/N-ethyl adjacent to an activating group) is 1. The van der Waals surface area contributed by atoms with Crippen LogP contribution in [0.15, 0.2) is 47.6 Å². The molecule has 106 valence electrons. The molecule has 0 N–H and O–H groups in total. The minimum atomic E-state index is -0.154. The second-order valence-electron chi connectivity index (χ2n) is 5.02. The number of carbonyl (C=O) groups excluding carboxylic acids is 1. The lowest BCUT2D eigenvalue weighted by molar-refractivity contribution is -0.123. The van der Waals surface area contributed by atoms with Crippen molar-refractivity contribution in [2.45, 2.75) is 26.4 Å².